The summed E-state index contributed by atoms with van der Waals surface area (Å²) < 4.78 is 1.72. The van der Waals surface area contributed by atoms with Crippen molar-refractivity contribution >= 4 is 5.69 Å². The topological polar surface area (TPSA) is 55.6 Å². The highest BCUT2D eigenvalue weighted by molar-refractivity contribution is 5.51. The number of hydrogen-bond donors (Lipinski definition) is 1. The SMILES string of the molecule is Cc1cccc(CNc2cccc(-n3nnnc3C)c2)c1. The molecular weight excluding hydrogens is 262 g/mol. The molecule has 1 N–H and O–H groups in total. The molecule has 5 nitrogen and oxygen atoms in total. The molecule has 1 aromatic heterocycles. The summed E-state index contributed by atoms with van der Waals surface area (Å²) in [7, 11) is 0. The van der Waals surface area contributed by atoms with Crippen LogP contribution >= 0.6 is 0 Å². The molecule has 3 rings (SSSR count). The Labute approximate surface area is 123 Å². The fourth-order valence-electron chi connectivity index (χ4n) is 2.24. The molecule has 0 saturated carbocycles. The molecule has 0 aliphatic heterocycles. The molecule has 3 aromatic rings. The van der Waals surface area contributed by atoms with Gasteiger partial charge in [-0.2, -0.15) is 4.68 Å². The van der Waals surface area contributed by atoms with E-state index < -0.39 is 0 Å². The number of benzene rings is 2. The van der Waals surface area contributed by atoms with E-state index in [1.165, 1.54) is 11.1 Å². The number of aromatic nitrogens is 4. The molecule has 5 heteroatoms. The second kappa shape index (κ2) is 5.75. The van der Waals surface area contributed by atoms with Gasteiger partial charge in [0.15, 0.2) is 5.82 Å². The van der Waals surface area contributed by atoms with Crippen LogP contribution in [0.25, 0.3) is 5.69 Å². The van der Waals surface area contributed by atoms with E-state index in [0.29, 0.717) is 0 Å². The highest BCUT2D eigenvalue weighted by atomic mass is 15.5. The van der Waals surface area contributed by atoms with Gasteiger partial charge in [0.05, 0.1) is 5.69 Å². The maximum Gasteiger partial charge on any atom is 0.153 e. The summed E-state index contributed by atoms with van der Waals surface area (Å²) in [6.45, 7) is 4.77. The molecule has 106 valence electrons. The van der Waals surface area contributed by atoms with Crippen molar-refractivity contribution in [1.82, 2.24) is 20.2 Å². The molecule has 0 amide bonds. The number of hydrogen-bond acceptors (Lipinski definition) is 4. The molecule has 2 aromatic carbocycles. The molecule has 0 bridgehead atoms. The third-order valence-corrected chi connectivity index (χ3v) is 3.30. The third kappa shape index (κ3) is 3.08. The lowest BCUT2D eigenvalue weighted by atomic mass is 10.1. The van der Waals surface area contributed by atoms with E-state index >= 15 is 0 Å². The van der Waals surface area contributed by atoms with E-state index in [2.05, 4.69) is 52.0 Å². The van der Waals surface area contributed by atoms with Crippen molar-refractivity contribution in [3.05, 3.63) is 65.5 Å². The van der Waals surface area contributed by atoms with Crippen molar-refractivity contribution in [3.8, 4) is 5.69 Å². The minimum atomic E-state index is 0.769. The predicted molar refractivity (Wildman–Crippen MR) is 82.4 cm³/mol. The number of aryl methyl sites for hydroxylation is 2. The van der Waals surface area contributed by atoms with Gasteiger partial charge in [-0.1, -0.05) is 35.9 Å². The summed E-state index contributed by atoms with van der Waals surface area (Å²) in [6.07, 6.45) is 0. The van der Waals surface area contributed by atoms with E-state index in [0.717, 1.165) is 23.7 Å². The Balaban J connectivity index is 1.76. The van der Waals surface area contributed by atoms with Crippen LogP contribution in [0.3, 0.4) is 0 Å². The van der Waals surface area contributed by atoms with Crippen molar-refractivity contribution in [2.45, 2.75) is 20.4 Å². The van der Waals surface area contributed by atoms with Crippen LogP contribution in [0.1, 0.15) is 17.0 Å². The van der Waals surface area contributed by atoms with Gasteiger partial charge < -0.3 is 5.32 Å². The maximum absolute atomic E-state index is 3.98. The molecular formula is C16H17N5. The first-order chi connectivity index (χ1) is 10.2. The minimum absolute atomic E-state index is 0.769. The standard InChI is InChI=1S/C16H17N5/c1-12-5-3-6-14(9-12)11-17-15-7-4-8-16(10-15)21-13(2)18-19-20-21/h3-10,17H,11H2,1-2H3. The maximum atomic E-state index is 3.98. The van der Waals surface area contributed by atoms with Crippen LogP contribution in [0.4, 0.5) is 5.69 Å². The zero-order chi connectivity index (χ0) is 14.7. The summed E-state index contributed by atoms with van der Waals surface area (Å²) in [5.74, 6) is 0.769. The summed E-state index contributed by atoms with van der Waals surface area (Å²) in [5.41, 5.74) is 4.53. The summed E-state index contributed by atoms with van der Waals surface area (Å²) >= 11 is 0. The van der Waals surface area contributed by atoms with Crippen LogP contribution in [0, 0.1) is 13.8 Å². The van der Waals surface area contributed by atoms with Crippen LogP contribution in [0.2, 0.25) is 0 Å². The van der Waals surface area contributed by atoms with Gasteiger partial charge in [-0.05, 0) is 48.0 Å². The van der Waals surface area contributed by atoms with Gasteiger partial charge >= 0.3 is 0 Å². The Kier molecular flexibility index (Phi) is 3.64. The van der Waals surface area contributed by atoms with Crippen LogP contribution in [0.15, 0.2) is 48.5 Å². The lowest BCUT2D eigenvalue weighted by Gasteiger charge is -2.09. The number of nitrogens with zero attached hydrogens (tertiary/aromatic N) is 4. The third-order valence-electron chi connectivity index (χ3n) is 3.30. The Morgan fingerprint density at radius 3 is 2.67 bits per heavy atom. The molecule has 0 unspecified atom stereocenters. The molecule has 0 aliphatic rings. The van der Waals surface area contributed by atoms with E-state index in [1.54, 1.807) is 4.68 Å². The van der Waals surface area contributed by atoms with Crippen LogP contribution in [-0.4, -0.2) is 20.2 Å². The molecule has 21 heavy (non-hydrogen) atoms. The molecule has 0 aliphatic carbocycles. The van der Waals surface area contributed by atoms with Crippen LogP contribution in [-0.2, 0) is 6.54 Å². The first-order valence-corrected chi connectivity index (χ1v) is 6.87. The van der Waals surface area contributed by atoms with Crippen molar-refractivity contribution in [2.75, 3.05) is 5.32 Å². The largest absolute Gasteiger partial charge is 0.381 e. The van der Waals surface area contributed by atoms with Crippen LogP contribution < -0.4 is 5.32 Å². The van der Waals surface area contributed by atoms with E-state index in [9.17, 15) is 0 Å². The smallest absolute Gasteiger partial charge is 0.153 e. The van der Waals surface area contributed by atoms with Crippen LogP contribution in [0.5, 0.6) is 0 Å². The zero-order valence-corrected chi connectivity index (χ0v) is 12.1. The molecule has 0 radical (unpaired) electrons. The summed E-state index contributed by atoms with van der Waals surface area (Å²) in [6, 6.07) is 16.5. The number of rotatable bonds is 4. The van der Waals surface area contributed by atoms with Crippen molar-refractivity contribution < 1.29 is 0 Å². The average Bonchev–Trinajstić information content (AvgIpc) is 2.92. The normalized spacial score (nSPS) is 10.6. The lowest BCUT2D eigenvalue weighted by molar-refractivity contribution is 0.779. The van der Waals surface area contributed by atoms with E-state index in [-0.39, 0.29) is 0 Å². The van der Waals surface area contributed by atoms with Gasteiger partial charge in [0, 0.05) is 12.2 Å². The first-order valence-electron chi connectivity index (χ1n) is 6.87. The van der Waals surface area contributed by atoms with Gasteiger partial charge in [0.2, 0.25) is 0 Å². The van der Waals surface area contributed by atoms with Gasteiger partial charge in [-0.25, -0.2) is 0 Å². The zero-order valence-electron chi connectivity index (χ0n) is 12.1. The monoisotopic (exact) mass is 279 g/mol. The Morgan fingerprint density at radius 2 is 1.90 bits per heavy atom. The number of tetrazole rings is 1. The number of nitrogens with one attached hydrogen (secondary N) is 1. The quantitative estimate of drug-likeness (QED) is 0.798. The Morgan fingerprint density at radius 1 is 1.05 bits per heavy atom. The van der Waals surface area contributed by atoms with E-state index in [1.807, 2.05) is 31.2 Å². The second-order valence-corrected chi connectivity index (χ2v) is 5.03. The fourth-order valence-corrected chi connectivity index (χ4v) is 2.24. The predicted octanol–water partition coefficient (Wildman–Crippen LogP) is 2.89. The number of anilines is 1. The lowest BCUT2D eigenvalue weighted by Crippen LogP contribution is -2.03. The fraction of sp³-hybridized carbons (Fsp3) is 0.188. The van der Waals surface area contributed by atoms with Crippen molar-refractivity contribution in [2.24, 2.45) is 0 Å². The molecule has 1 heterocycles. The summed E-state index contributed by atoms with van der Waals surface area (Å²) in [4.78, 5) is 0. The van der Waals surface area contributed by atoms with Gasteiger partial charge in [-0.3, -0.25) is 0 Å². The molecule has 0 atom stereocenters. The highest BCUT2D eigenvalue weighted by Crippen LogP contribution is 2.16. The van der Waals surface area contributed by atoms with Gasteiger partial charge in [0.1, 0.15) is 0 Å². The van der Waals surface area contributed by atoms with Crippen molar-refractivity contribution in [1.29, 1.82) is 0 Å². The molecule has 0 fully saturated rings. The summed E-state index contributed by atoms with van der Waals surface area (Å²) in [5, 5.41) is 15.0. The molecule has 0 spiro atoms. The highest BCUT2D eigenvalue weighted by Gasteiger charge is 2.04. The van der Waals surface area contributed by atoms with Gasteiger partial charge in [-0.15, -0.1) is 5.10 Å². The second-order valence-electron chi connectivity index (χ2n) is 5.03. The average molecular weight is 279 g/mol. The first kappa shape index (κ1) is 13.3. The Hall–Kier alpha value is -2.69. The Bertz CT molecular complexity index is 748. The van der Waals surface area contributed by atoms with Crippen molar-refractivity contribution in [3.63, 3.8) is 0 Å². The minimum Gasteiger partial charge on any atom is -0.381 e. The van der Waals surface area contributed by atoms with Gasteiger partial charge in [0.25, 0.3) is 0 Å². The molecule has 0 saturated heterocycles. The van der Waals surface area contributed by atoms with E-state index in [4.69, 9.17) is 0 Å².